The first kappa shape index (κ1) is 40.3. The zero-order valence-electron chi connectivity index (χ0n) is 33.9. The highest BCUT2D eigenvalue weighted by atomic mass is 15.2. The van der Waals surface area contributed by atoms with Gasteiger partial charge in [0.25, 0.3) is 0 Å². The van der Waals surface area contributed by atoms with Crippen LogP contribution in [0.3, 0.4) is 0 Å². The van der Waals surface area contributed by atoms with Gasteiger partial charge in [-0.05, 0) is 120 Å². The summed E-state index contributed by atoms with van der Waals surface area (Å²) >= 11 is 0. The van der Waals surface area contributed by atoms with Crippen molar-refractivity contribution in [2.45, 2.75) is 19.8 Å². The predicted octanol–water partition coefficient (Wildman–Crippen LogP) is 13.7. The molecule has 5 N–H and O–H groups in total. The molecule has 0 spiro atoms. The summed E-state index contributed by atoms with van der Waals surface area (Å²) in [6.45, 7) is 12.8. The van der Waals surface area contributed by atoms with Gasteiger partial charge >= 0.3 is 0 Å². The van der Waals surface area contributed by atoms with Crippen molar-refractivity contribution >= 4 is 33.2 Å². The Bertz CT molecular complexity index is 2790. The quantitative estimate of drug-likeness (QED) is 0.0307. The molecule has 8 aromatic rings. The van der Waals surface area contributed by atoms with Crippen molar-refractivity contribution < 1.29 is 0 Å². The minimum Gasteiger partial charge on any atom is -0.317 e. The van der Waals surface area contributed by atoms with Crippen LogP contribution in [-0.4, -0.2) is 6.67 Å². The molecule has 0 aliphatic rings. The van der Waals surface area contributed by atoms with Crippen LogP contribution >= 0.6 is 0 Å². The third-order valence-electron chi connectivity index (χ3n) is 10.9. The minimum absolute atomic E-state index is 0.0232. The monoisotopic (exact) mass is 765 g/mol. The van der Waals surface area contributed by atoms with Crippen LogP contribution in [0.25, 0.3) is 66.6 Å². The Morgan fingerprint density at radius 1 is 0.576 bits per heavy atom. The fourth-order valence-corrected chi connectivity index (χ4v) is 8.05. The number of hydrogen-bond acceptors (Lipinski definition) is 3. The highest BCUT2D eigenvalue weighted by Crippen LogP contribution is 2.44. The van der Waals surface area contributed by atoms with E-state index in [1.165, 1.54) is 71.6 Å². The van der Waals surface area contributed by atoms with Gasteiger partial charge in [-0.2, -0.15) is 0 Å². The highest BCUT2D eigenvalue weighted by Gasteiger charge is 2.24. The minimum atomic E-state index is -0.0232. The lowest BCUT2D eigenvalue weighted by atomic mass is 9.77. The van der Waals surface area contributed by atoms with Gasteiger partial charge in [0.15, 0.2) is 0 Å². The molecule has 1 unspecified atom stereocenters. The van der Waals surface area contributed by atoms with Crippen molar-refractivity contribution in [3.63, 3.8) is 0 Å². The molecule has 0 heterocycles. The number of hydrogen-bond donors (Lipinski definition) is 3. The van der Waals surface area contributed by atoms with E-state index in [-0.39, 0.29) is 5.92 Å². The Balaban J connectivity index is 0.00000126. The SMILES string of the molecule is C=C/C=C\C(=C(C)C)c1cc(-c2ccc(C(c3ccccc3)c3ccccc3-c3ccccc3)c(-c3ccc4ccc5ccccc5c4c3)c2)ccc1C=C.NCNN. The zero-order chi connectivity index (χ0) is 41.1. The van der Waals surface area contributed by atoms with E-state index in [0.717, 1.165) is 22.3 Å². The molecule has 290 valence electrons. The maximum Gasteiger partial charge on any atom is 0.0562 e. The fraction of sp³-hybridized carbons (Fsp3) is 0.0714. The van der Waals surface area contributed by atoms with Gasteiger partial charge in [0, 0.05) is 5.92 Å². The van der Waals surface area contributed by atoms with E-state index in [1.807, 2.05) is 18.2 Å². The maximum absolute atomic E-state index is 4.79. The summed E-state index contributed by atoms with van der Waals surface area (Å²) in [5.41, 5.74) is 22.7. The molecule has 0 bridgehead atoms. The number of nitrogens with one attached hydrogen (secondary N) is 1. The number of nitrogens with two attached hydrogens (primary N) is 2. The van der Waals surface area contributed by atoms with Crippen LogP contribution in [0.15, 0.2) is 213 Å². The fourth-order valence-electron chi connectivity index (χ4n) is 8.05. The molecule has 0 aliphatic heterocycles. The molecular weight excluding hydrogens is 715 g/mol. The molecule has 0 radical (unpaired) electrons. The first-order valence-corrected chi connectivity index (χ1v) is 20.1. The van der Waals surface area contributed by atoms with E-state index in [2.05, 4.69) is 220 Å². The molecule has 3 nitrogen and oxygen atoms in total. The van der Waals surface area contributed by atoms with Gasteiger partial charge in [0.2, 0.25) is 0 Å². The van der Waals surface area contributed by atoms with Gasteiger partial charge in [0.05, 0.1) is 6.67 Å². The van der Waals surface area contributed by atoms with E-state index in [4.69, 9.17) is 5.73 Å². The summed E-state index contributed by atoms with van der Waals surface area (Å²) in [6.07, 6.45) is 7.94. The normalized spacial score (nSPS) is 11.5. The second kappa shape index (κ2) is 19.0. The van der Waals surface area contributed by atoms with Crippen molar-refractivity contribution in [2.24, 2.45) is 11.6 Å². The van der Waals surface area contributed by atoms with Gasteiger partial charge in [0.1, 0.15) is 0 Å². The molecule has 1 atom stereocenters. The van der Waals surface area contributed by atoms with Crippen LogP contribution in [0.4, 0.5) is 0 Å². The average Bonchev–Trinajstić information content (AvgIpc) is 3.30. The molecule has 0 saturated carbocycles. The van der Waals surface area contributed by atoms with Crippen LogP contribution in [0.5, 0.6) is 0 Å². The van der Waals surface area contributed by atoms with Crippen LogP contribution in [-0.2, 0) is 0 Å². The van der Waals surface area contributed by atoms with E-state index in [0.29, 0.717) is 6.67 Å². The first-order valence-electron chi connectivity index (χ1n) is 20.1. The molecule has 8 aromatic carbocycles. The lowest BCUT2D eigenvalue weighted by Crippen LogP contribution is -2.28. The topological polar surface area (TPSA) is 64.1 Å². The summed E-state index contributed by atoms with van der Waals surface area (Å²) in [7, 11) is 0. The van der Waals surface area contributed by atoms with E-state index < -0.39 is 0 Å². The second-order valence-corrected chi connectivity index (χ2v) is 14.7. The molecule has 3 heteroatoms. The van der Waals surface area contributed by atoms with Crippen LogP contribution < -0.4 is 17.0 Å². The van der Waals surface area contributed by atoms with Crippen molar-refractivity contribution in [1.29, 1.82) is 0 Å². The van der Waals surface area contributed by atoms with Gasteiger partial charge < -0.3 is 5.73 Å². The van der Waals surface area contributed by atoms with E-state index >= 15 is 0 Å². The number of fused-ring (bicyclic) bond motifs is 3. The lowest BCUT2D eigenvalue weighted by Gasteiger charge is -2.26. The van der Waals surface area contributed by atoms with Crippen molar-refractivity contribution in [3.8, 4) is 33.4 Å². The maximum atomic E-state index is 4.79. The van der Waals surface area contributed by atoms with Gasteiger partial charge in [-0.15, -0.1) is 0 Å². The third kappa shape index (κ3) is 8.84. The number of benzene rings is 8. The molecular formula is C56H51N3. The van der Waals surface area contributed by atoms with Gasteiger partial charge in [-0.25, -0.2) is 5.43 Å². The average molecular weight is 766 g/mol. The zero-order valence-corrected chi connectivity index (χ0v) is 33.9. The Morgan fingerprint density at radius 3 is 1.88 bits per heavy atom. The van der Waals surface area contributed by atoms with Crippen molar-refractivity contribution in [3.05, 3.63) is 241 Å². The Labute approximate surface area is 349 Å². The van der Waals surface area contributed by atoms with Crippen LogP contribution in [0, 0.1) is 0 Å². The van der Waals surface area contributed by atoms with Gasteiger partial charge in [-0.1, -0.05) is 201 Å². The summed E-state index contributed by atoms with van der Waals surface area (Å²) in [5, 5.41) is 5.00. The van der Waals surface area contributed by atoms with Gasteiger partial charge in [-0.3, -0.25) is 5.84 Å². The molecule has 0 amide bonds. The van der Waals surface area contributed by atoms with E-state index in [9.17, 15) is 0 Å². The Kier molecular flexibility index (Phi) is 13.0. The number of hydrazine groups is 1. The second-order valence-electron chi connectivity index (χ2n) is 14.7. The largest absolute Gasteiger partial charge is 0.317 e. The smallest absolute Gasteiger partial charge is 0.0562 e. The highest BCUT2D eigenvalue weighted by molar-refractivity contribution is 6.09. The standard InChI is InChI=1S/C55H44.CH7N3/c1-5-7-23-47(38(3)4)52-35-44(31-27-39(52)6-2)45-33-34-51(54(36-45)46-32-30-42-29-28-41-20-14-15-25-49(41)53(42)37-46)55(43-21-12-9-13-22-43)50-26-17-16-24-48(50)40-18-10-8-11-19-40;2-1-4-3/h5-37,55H,1-2H2,3-4H3;4H,1-3H2/b23-7-;. The van der Waals surface area contributed by atoms with Crippen LogP contribution in [0.2, 0.25) is 0 Å². The Hall–Kier alpha value is -6.88. The molecule has 59 heavy (non-hydrogen) atoms. The first-order chi connectivity index (χ1) is 28.9. The van der Waals surface area contributed by atoms with E-state index in [1.54, 1.807) is 0 Å². The number of rotatable bonds is 11. The summed E-state index contributed by atoms with van der Waals surface area (Å²) < 4.78 is 0. The summed E-state index contributed by atoms with van der Waals surface area (Å²) in [5.74, 6) is 4.63. The molecule has 0 aliphatic carbocycles. The summed E-state index contributed by atoms with van der Waals surface area (Å²) in [4.78, 5) is 0. The van der Waals surface area contributed by atoms with Crippen LogP contribution in [0.1, 0.15) is 47.6 Å². The predicted molar refractivity (Wildman–Crippen MR) is 256 cm³/mol. The lowest BCUT2D eigenvalue weighted by molar-refractivity contribution is 0.758. The molecule has 8 rings (SSSR count). The Morgan fingerprint density at radius 2 is 1.17 bits per heavy atom. The molecule has 0 aromatic heterocycles. The van der Waals surface area contributed by atoms with Crippen molar-refractivity contribution in [2.75, 3.05) is 6.67 Å². The van der Waals surface area contributed by atoms with Crippen molar-refractivity contribution in [1.82, 2.24) is 5.43 Å². The molecule has 0 saturated heterocycles. The number of allylic oxidation sites excluding steroid dienone is 5. The third-order valence-corrected chi connectivity index (χ3v) is 10.9. The summed E-state index contributed by atoms with van der Waals surface area (Å²) in [6, 6.07) is 64.7. The molecule has 0 fully saturated rings.